The molecule has 3 rings (SSSR count). The second-order valence-corrected chi connectivity index (χ2v) is 6.49. The van der Waals surface area contributed by atoms with E-state index in [9.17, 15) is 0 Å². The fraction of sp³-hybridized carbons (Fsp3) is 0.667. The molecule has 1 saturated carbocycles. The maximum Gasteiger partial charge on any atom is 0.0323 e. The molecule has 0 amide bonds. The van der Waals surface area contributed by atoms with E-state index in [1.165, 1.54) is 49.9 Å². The molecule has 0 spiro atoms. The summed E-state index contributed by atoms with van der Waals surface area (Å²) in [5.41, 5.74) is 2.92. The van der Waals surface area contributed by atoms with Crippen LogP contribution in [-0.2, 0) is 6.42 Å². The molecular formula is C18H28N2. The lowest BCUT2D eigenvalue weighted by Gasteiger charge is -2.32. The van der Waals surface area contributed by atoms with Gasteiger partial charge in [-0.3, -0.25) is 4.90 Å². The van der Waals surface area contributed by atoms with Crippen LogP contribution in [0.5, 0.6) is 0 Å². The number of aryl methyl sites for hydroxylation is 1. The van der Waals surface area contributed by atoms with Crippen molar-refractivity contribution in [2.24, 2.45) is 0 Å². The molecule has 2 aliphatic rings. The molecule has 2 fully saturated rings. The second-order valence-electron chi connectivity index (χ2n) is 6.49. The first-order valence-corrected chi connectivity index (χ1v) is 8.36. The predicted octanol–water partition coefficient (Wildman–Crippen LogP) is 3.53. The van der Waals surface area contributed by atoms with Crippen LogP contribution in [0.2, 0.25) is 0 Å². The van der Waals surface area contributed by atoms with Gasteiger partial charge in [-0.2, -0.15) is 0 Å². The summed E-state index contributed by atoms with van der Waals surface area (Å²) in [6.07, 6.45) is 6.62. The van der Waals surface area contributed by atoms with Crippen LogP contribution in [0.15, 0.2) is 24.3 Å². The van der Waals surface area contributed by atoms with Crippen molar-refractivity contribution < 1.29 is 0 Å². The Kier molecular flexibility index (Phi) is 4.42. The second kappa shape index (κ2) is 6.28. The van der Waals surface area contributed by atoms with Gasteiger partial charge in [0.05, 0.1) is 0 Å². The van der Waals surface area contributed by atoms with E-state index in [4.69, 9.17) is 0 Å². The van der Waals surface area contributed by atoms with Crippen molar-refractivity contribution in [1.82, 2.24) is 10.2 Å². The third-order valence-corrected chi connectivity index (χ3v) is 4.98. The van der Waals surface area contributed by atoms with Gasteiger partial charge < -0.3 is 5.32 Å². The average molecular weight is 272 g/mol. The maximum atomic E-state index is 3.65. The van der Waals surface area contributed by atoms with Gasteiger partial charge in [0, 0.05) is 24.7 Å². The summed E-state index contributed by atoms with van der Waals surface area (Å²) < 4.78 is 0. The minimum atomic E-state index is 0.552. The largest absolute Gasteiger partial charge is 0.313 e. The van der Waals surface area contributed by atoms with Crippen LogP contribution in [0, 0.1) is 0 Å². The highest BCUT2D eigenvalue weighted by Crippen LogP contribution is 2.35. The van der Waals surface area contributed by atoms with Crippen molar-refractivity contribution in [3.8, 4) is 0 Å². The van der Waals surface area contributed by atoms with Gasteiger partial charge >= 0.3 is 0 Å². The zero-order chi connectivity index (χ0) is 13.9. The fourth-order valence-corrected chi connectivity index (χ4v) is 3.42. The Morgan fingerprint density at radius 1 is 1.20 bits per heavy atom. The zero-order valence-corrected chi connectivity index (χ0v) is 12.9. The summed E-state index contributed by atoms with van der Waals surface area (Å²) in [5.74, 6) is 0. The van der Waals surface area contributed by atoms with E-state index in [1.54, 1.807) is 0 Å². The first-order valence-electron chi connectivity index (χ1n) is 8.36. The molecule has 0 bridgehead atoms. The van der Waals surface area contributed by atoms with Crippen molar-refractivity contribution >= 4 is 0 Å². The third kappa shape index (κ3) is 3.24. The van der Waals surface area contributed by atoms with Crippen LogP contribution in [-0.4, -0.2) is 30.1 Å². The Bertz CT molecular complexity index is 416. The molecule has 110 valence electrons. The Labute approximate surface area is 123 Å². The molecule has 1 aliphatic heterocycles. The minimum absolute atomic E-state index is 0.552. The van der Waals surface area contributed by atoms with Gasteiger partial charge in [-0.05, 0) is 56.7 Å². The number of hydrogen-bond acceptors (Lipinski definition) is 2. The standard InChI is InChI=1S/C18H28N2/c1-3-15-6-8-16(9-7-15)14(2)20(18-10-11-18)13-17-5-4-12-19-17/h6-9,14,17-19H,3-5,10-13H2,1-2H3. The predicted molar refractivity (Wildman–Crippen MR) is 85.0 cm³/mol. The fourth-order valence-electron chi connectivity index (χ4n) is 3.42. The molecule has 1 N–H and O–H groups in total. The van der Waals surface area contributed by atoms with E-state index in [0.717, 1.165) is 12.5 Å². The van der Waals surface area contributed by atoms with Gasteiger partial charge in [0.1, 0.15) is 0 Å². The van der Waals surface area contributed by atoms with E-state index < -0.39 is 0 Å². The van der Waals surface area contributed by atoms with Gasteiger partial charge in [0.25, 0.3) is 0 Å². The Hall–Kier alpha value is -0.860. The zero-order valence-electron chi connectivity index (χ0n) is 12.9. The lowest BCUT2D eigenvalue weighted by molar-refractivity contribution is 0.182. The summed E-state index contributed by atoms with van der Waals surface area (Å²) in [6, 6.07) is 11.4. The van der Waals surface area contributed by atoms with Crippen molar-refractivity contribution in [3.63, 3.8) is 0 Å². The topological polar surface area (TPSA) is 15.3 Å². The molecule has 0 aromatic heterocycles. The molecule has 1 aliphatic carbocycles. The highest BCUT2D eigenvalue weighted by molar-refractivity contribution is 5.25. The molecule has 20 heavy (non-hydrogen) atoms. The highest BCUT2D eigenvalue weighted by atomic mass is 15.2. The molecular weight excluding hydrogens is 244 g/mol. The van der Waals surface area contributed by atoms with Gasteiger partial charge in [-0.25, -0.2) is 0 Å². The third-order valence-electron chi connectivity index (χ3n) is 4.98. The Morgan fingerprint density at radius 2 is 1.95 bits per heavy atom. The molecule has 2 heteroatoms. The molecule has 0 radical (unpaired) electrons. The monoisotopic (exact) mass is 272 g/mol. The first-order chi connectivity index (χ1) is 9.78. The minimum Gasteiger partial charge on any atom is -0.313 e. The smallest absolute Gasteiger partial charge is 0.0323 e. The molecule has 2 nitrogen and oxygen atoms in total. The number of rotatable bonds is 6. The first kappa shape index (κ1) is 14.1. The number of nitrogens with one attached hydrogen (secondary N) is 1. The summed E-state index contributed by atoms with van der Waals surface area (Å²) in [5, 5.41) is 3.65. The van der Waals surface area contributed by atoms with Crippen LogP contribution in [0.1, 0.15) is 56.7 Å². The highest BCUT2D eigenvalue weighted by Gasteiger charge is 2.34. The Balaban J connectivity index is 1.68. The summed E-state index contributed by atoms with van der Waals surface area (Å²) in [6.45, 7) is 7.04. The van der Waals surface area contributed by atoms with E-state index in [1.807, 2.05) is 0 Å². The normalized spacial score (nSPS) is 24.2. The van der Waals surface area contributed by atoms with Crippen molar-refractivity contribution in [2.45, 2.75) is 64.1 Å². The van der Waals surface area contributed by atoms with Gasteiger partial charge in [-0.1, -0.05) is 31.2 Å². The van der Waals surface area contributed by atoms with Crippen molar-refractivity contribution in [1.29, 1.82) is 0 Å². The molecule has 2 unspecified atom stereocenters. The Morgan fingerprint density at radius 3 is 2.50 bits per heavy atom. The van der Waals surface area contributed by atoms with Crippen LogP contribution < -0.4 is 5.32 Å². The SMILES string of the molecule is CCc1ccc(C(C)N(CC2CCCN2)C2CC2)cc1. The number of hydrogen-bond donors (Lipinski definition) is 1. The molecule has 1 aromatic rings. The molecule has 1 aromatic carbocycles. The van der Waals surface area contributed by atoms with Gasteiger partial charge in [0.15, 0.2) is 0 Å². The summed E-state index contributed by atoms with van der Waals surface area (Å²) >= 11 is 0. The van der Waals surface area contributed by atoms with E-state index >= 15 is 0 Å². The summed E-state index contributed by atoms with van der Waals surface area (Å²) in [4.78, 5) is 2.74. The quantitative estimate of drug-likeness (QED) is 0.852. The molecule has 2 atom stereocenters. The van der Waals surface area contributed by atoms with E-state index in [0.29, 0.717) is 12.1 Å². The van der Waals surface area contributed by atoms with Crippen LogP contribution in [0.25, 0.3) is 0 Å². The van der Waals surface area contributed by atoms with Crippen molar-refractivity contribution in [2.75, 3.05) is 13.1 Å². The van der Waals surface area contributed by atoms with Gasteiger partial charge in [-0.15, -0.1) is 0 Å². The van der Waals surface area contributed by atoms with Gasteiger partial charge in [0.2, 0.25) is 0 Å². The average Bonchev–Trinajstić information content (AvgIpc) is 3.21. The van der Waals surface area contributed by atoms with Crippen LogP contribution in [0.4, 0.5) is 0 Å². The van der Waals surface area contributed by atoms with Crippen molar-refractivity contribution in [3.05, 3.63) is 35.4 Å². The summed E-state index contributed by atoms with van der Waals surface area (Å²) in [7, 11) is 0. The number of nitrogens with zero attached hydrogens (tertiary/aromatic N) is 1. The lowest BCUT2D eigenvalue weighted by Crippen LogP contribution is -2.40. The van der Waals surface area contributed by atoms with E-state index in [2.05, 4.69) is 48.3 Å². The van der Waals surface area contributed by atoms with Crippen LogP contribution in [0.3, 0.4) is 0 Å². The number of benzene rings is 1. The molecule has 1 saturated heterocycles. The lowest BCUT2D eigenvalue weighted by atomic mass is 10.0. The van der Waals surface area contributed by atoms with Crippen LogP contribution >= 0.6 is 0 Å². The maximum absolute atomic E-state index is 3.65. The van der Waals surface area contributed by atoms with E-state index in [-0.39, 0.29) is 0 Å². The molecule has 1 heterocycles.